The van der Waals surface area contributed by atoms with E-state index in [2.05, 4.69) is 0 Å². The Kier molecular flexibility index (Phi) is 5.50. The lowest BCUT2D eigenvalue weighted by Crippen LogP contribution is -2.69. The van der Waals surface area contributed by atoms with Crippen LogP contribution in [-0.2, 0) is 21.0 Å². The van der Waals surface area contributed by atoms with Gasteiger partial charge in [-0.05, 0) is 68.4 Å². The van der Waals surface area contributed by atoms with Crippen LogP contribution >= 0.6 is 0 Å². The number of nitrogens with zero attached hydrogens (tertiary/aromatic N) is 1. The van der Waals surface area contributed by atoms with Crippen LogP contribution in [0, 0.1) is 34.4 Å². The van der Waals surface area contributed by atoms with Gasteiger partial charge in [-0.25, -0.2) is 8.78 Å². The fourth-order valence-corrected chi connectivity index (χ4v) is 8.83. The molecule has 1 saturated heterocycles. The number of aliphatic hydroxyl groups excluding tert-OH is 2. The molecule has 6 rings (SSSR count). The first-order valence-electron chi connectivity index (χ1n) is 13.1. The maximum atomic E-state index is 17.4. The molecule has 4 aliphatic carbocycles. The summed E-state index contributed by atoms with van der Waals surface area (Å²) in [6.07, 6.45) is 4.68. The number of aliphatic hydroxyl groups is 2. The number of benzene rings is 1. The second-order valence-electron chi connectivity index (χ2n) is 12.1. The molecule has 0 spiro atoms. The average Bonchev–Trinajstić information content (AvgIpc) is 3.34. The second kappa shape index (κ2) is 8.12. The van der Waals surface area contributed by atoms with E-state index in [-0.39, 0.29) is 29.9 Å². The lowest BCUT2D eigenvalue weighted by atomic mass is 9.44. The van der Waals surface area contributed by atoms with Gasteiger partial charge in [-0.15, -0.1) is 0 Å². The van der Waals surface area contributed by atoms with E-state index < -0.39 is 46.5 Å². The summed E-state index contributed by atoms with van der Waals surface area (Å²) < 4.78 is 30.8. The zero-order chi connectivity index (χ0) is 26.4. The van der Waals surface area contributed by atoms with Crippen molar-refractivity contribution in [3.8, 4) is 0 Å². The molecule has 1 heterocycles. The van der Waals surface area contributed by atoms with Crippen LogP contribution in [0.2, 0.25) is 0 Å². The predicted octanol–water partition coefficient (Wildman–Crippen LogP) is 3.47. The van der Waals surface area contributed by atoms with E-state index in [0.717, 1.165) is 5.56 Å². The zero-order valence-corrected chi connectivity index (χ0v) is 21.1. The van der Waals surface area contributed by atoms with Gasteiger partial charge in [-0.1, -0.05) is 30.7 Å². The van der Waals surface area contributed by atoms with Crippen molar-refractivity contribution in [1.82, 2.24) is 5.06 Å². The SMILES string of the molecule is C[C@]12C=CC(=O)C=C1CC[C@H]1[C@@H]3C[C@H]4CN(Cc5ccc(F)cc5)O[C@@]4(C(=O)CO)[C@@]3(C)C[C@H](O)[C@@]12F. The van der Waals surface area contributed by atoms with Crippen molar-refractivity contribution >= 4 is 11.6 Å². The molecule has 6 nitrogen and oxygen atoms in total. The summed E-state index contributed by atoms with van der Waals surface area (Å²) in [4.78, 5) is 32.0. The summed E-state index contributed by atoms with van der Waals surface area (Å²) in [5.74, 6) is -2.03. The third-order valence-electron chi connectivity index (χ3n) is 10.5. The summed E-state index contributed by atoms with van der Waals surface area (Å²) >= 11 is 0. The Labute approximate surface area is 214 Å². The molecule has 4 fully saturated rings. The van der Waals surface area contributed by atoms with E-state index in [0.29, 0.717) is 37.9 Å². The summed E-state index contributed by atoms with van der Waals surface area (Å²) in [5.41, 5.74) is -3.85. The lowest BCUT2D eigenvalue weighted by Gasteiger charge is -2.62. The highest BCUT2D eigenvalue weighted by Gasteiger charge is 2.78. The number of fused-ring (bicyclic) bond motifs is 7. The van der Waals surface area contributed by atoms with Gasteiger partial charge in [0.25, 0.3) is 0 Å². The number of ketones is 2. The van der Waals surface area contributed by atoms with Crippen LogP contribution in [0.4, 0.5) is 8.78 Å². The highest BCUT2D eigenvalue weighted by atomic mass is 19.1. The van der Waals surface area contributed by atoms with Crippen LogP contribution in [0.5, 0.6) is 0 Å². The fourth-order valence-electron chi connectivity index (χ4n) is 8.83. The van der Waals surface area contributed by atoms with Gasteiger partial charge in [0.1, 0.15) is 12.4 Å². The Hall–Kier alpha value is -2.26. The molecule has 0 unspecified atom stereocenters. The van der Waals surface area contributed by atoms with Crippen molar-refractivity contribution in [3.05, 3.63) is 59.4 Å². The summed E-state index contributed by atoms with van der Waals surface area (Å²) in [7, 11) is 0. The summed E-state index contributed by atoms with van der Waals surface area (Å²) in [5, 5.41) is 23.3. The molecule has 1 aromatic carbocycles. The minimum absolute atomic E-state index is 0.00194. The first-order chi connectivity index (χ1) is 17.5. The topological polar surface area (TPSA) is 87.1 Å². The molecule has 0 amide bonds. The highest BCUT2D eigenvalue weighted by Crippen LogP contribution is 2.72. The number of Topliss-reactive ketones (excluding diaryl/α,β-unsaturated/α-hetero) is 1. The quantitative estimate of drug-likeness (QED) is 0.641. The van der Waals surface area contributed by atoms with Crippen LogP contribution in [0.1, 0.15) is 45.1 Å². The number of hydrogen-bond donors (Lipinski definition) is 2. The van der Waals surface area contributed by atoms with Crippen molar-refractivity contribution in [2.45, 2.75) is 63.4 Å². The molecule has 198 valence electrons. The smallest absolute Gasteiger partial charge is 0.192 e. The molecule has 8 heteroatoms. The number of carbonyl (C=O) groups excluding carboxylic acids is 2. The van der Waals surface area contributed by atoms with Crippen molar-refractivity contribution < 1.29 is 33.4 Å². The number of allylic oxidation sites excluding steroid dienone is 4. The third-order valence-corrected chi connectivity index (χ3v) is 10.5. The molecular weight excluding hydrogens is 480 g/mol. The van der Waals surface area contributed by atoms with E-state index >= 15 is 4.39 Å². The minimum atomic E-state index is -1.99. The minimum Gasteiger partial charge on any atom is -0.390 e. The Morgan fingerprint density at radius 3 is 2.65 bits per heavy atom. The number of hydroxylamine groups is 2. The van der Waals surface area contributed by atoms with Crippen LogP contribution in [0.3, 0.4) is 0 Å². The Morgan fingerprint density at radius 2 is 1.95 bits per heavy atom. The van der Waals surface area contributed by atoms with Crippen molar-refractivity contribution in [2.75, 3.05) is 13.2 Å². The molecule has 3 saturated carbocycles. The van der Waals surface area contributed by atoms with Gasteiger partial charge in [-0.2, -0.15) is 5.06 Å². The van der Waals surface area contributed by atoms with Crippen LogP contribution < -0.4 is 0 Å². The highest BCUT2D eigenvalue weighted by molar-refractivity contribution is 6.01. The Balaban J connectivity index is 1.37. The molecule has 0 bridgehead atoms. The maximum absolute atomic E-state index is 17.4. The van der Waals surface area contributed by atoms with Gasteiger partial charge in [0.15, 0.2) is 22.8 Å². The van der Waals surface area contributed by atoms with Gasteiger partial charge < -0.3 is 10.2 Å². The molecule has 37 heavy (non-hydrogen) atoms. The maximum Gasteiger partial charge on any atom is 0.192 e. The monoisotopic (exact) mass is 513 g/mol. The molecule has 8 atom stereocenters. The molecule has 5 aliphatic rings. The standard InChI is InChI=1S/C29H33F2NO5/c1-26-10-9-21(34)11-18(26)5-8-22-23-12-19-15-32(14-17-3-6-20(30)7-4-17)37-29(19,25(36)16-33)27(23,2)13-24(35)28(22,26)31/h3-4,6-7,9-11,19,22-24,33,35H,5,8,12-16H2,1-2H3/t19-,22-,23-,24-,26-,27-,28-,29-/m0/s1. The number of halogens is 2. The molecule has 2 N–H and O–H groups in total. The second-order valence-corrected chi connectivity index (χ2v) is 12.1. The van der Waals surface area contributed by atoms with Crippen LogP contribution in [-0.4, -0.2) is 57.4 Å². The molecule has 0 aromatic heterocycles. The summed E-state index contributed by atoms with van der Waals surface area (Å²) in [6, 6.07) is 6.07. The van der Waals surface area contributed by atoms with E-state index in [1.165, 1.54) is 24.3 Å². The van der Waals surface area contributed by atoms with Crippen molar-refractivity contribution in [1.29, 1.82) is 0 Å². The number of rotatable bonds is 4. The molecule has 1 aromatic rings. The van der Waals surface area contributed by atoms with E-state index in [1.54, 1.807) is 30.2 Å². The van der Waals surface area contributed by atoms with E-state index in [1.807, 2.05) is 6.92 Å². The lowest BCUT2D eigenvalue weighted by molar-refractivity contribution is -0.268. The Morgan fingerprint density at radius 1 is 1.22 bits per heavy atom. The van der Waals surface area contributed by atoms with Crippen LogP contribution in [0.15, 0.2) is 48.1 Å². The largest absolute Gasteiger partial charge is 0.390 e. The fraction of sp³-hybridized carbons (Fsp3) is 0.586. The van der Waals surface area contributed by atoms with Gasteiger partial charge in [0.2, 0.25) is 0 Å². The molecule has 1 aliphatic heterocycles. The average molecular weight is 514 g/mol. The third kappa shape index (κ3) is 3.10. The number of alkyl halides is 1. The van der Waals surface area contributed by atoms with E-state index in [9.17, 15) is 24.2 Å². The van der Waals surface area contributed by atoms with Crippen molar-refractivity contribution in [2.24, 2.45) is 28.6 Å². The Bertz CT molecular complexity index is 1220. The summed E-state index contributed by atoms with van der Waals surface area (Å²) in [6.45, 7) is 3.71. The van der Waals surface area contributed by atoms with Gasteiger partial charge >= 0.3 is 0 Å². The van der Waals surface area contributed by atoms with Crippen molar-refractivity contribution in [3.63, 3.8) is 0 Å². The zero-order valence-electron chi connectivity index (χ0n) is 21.1. The first kappa shape index (κ1) is 25.0. The molecule has 0 radical (unpaired) electrons. The number of carbonyl (C=O) groups is 2. The number of hydrogen-bond acceptors (Lipinski definition) is 6. The molecular formula is C29H33F2NO5. The van der Waals surface area contributed by atoms with E-state index in [4.69, 9.17) is 4.84 Å². The first-order valence-corrected chi connectivity index (χ1v) is 13.1. The van der Waals surface area contributed by atoms with Gasteiger partial charge in [-0.3, -0.25) is 14.4 Å². The predicted molar refractivity (Wildman–Crippen MR) is 130 cm³/mol. The normalized spacial score (nSPS) is 44.6. The van der Waals surface area contributed by atoms with Gasteiger partial charge in [0.05, 0.1) is 6.10 Å². The van der Waals surface area contributed by atoms with Gasteiger partial charge in [0, 0.05) is 35.8 Å². The van der Waals surface area contributed by atoms with Crippen LogP contribution in [0.25, 0.3) is 0 Å².